The highest BCUT2D eigenvalue weighted by Gasteiger charge is 2.21. The normalized spacial score (nSPS) is 20.2. The van der Waals surface area contributed by atoms with Crippen molar-refractivity contribution in [2.24, 2.45) is 0 Å². The van der Waals surface area contributed by atoms with Gasteiger partial charge < -0.3 is 10.4 Å². The Hall–Kier alpha value is -1.02. The van der Waals surface area contributed by atoms with E-state index in [1.165, 1.54) is 17.5 Å². The number of aryl methyl sites for hydroxylation is 1. The minimum absolute atomic E-state index is 0.391. The molecule has 0 amide bonds. The van der Waals surface area contributed by atoms with Crippen LogP contribution in [0.15, 0.2) is 18.2 Å². The maximum Gasteiger partial charge on any atom is 0.115 e. The van der Waals surface area contributed by atoms with Gasteiger partial charge in [0.25, 0.3) is 0 Å². The number of hydrogen-bond acceptors (Lipinski definition) is 2. The SMILES string of the molecule is CNCC1CCc2ccc(O)cc21. The molecule has 1 aromatic carbocycles. The van der Waals surface area contributed by atoms with Gasteiger partial charge in [0.2, 0.25) is 0 Å². The van der Waals surface area contributed by atoms with Gasteiger partial charge in [-0.15, -0.1) is 0 Å². The van der Waals surface area contributed by atoms with Gasteiger partial charge in [-0.2, -0.15) is 0 Å². The first kappa shape index (κ1) is 8.57. The third kappa shape index (κ3) is 1.54. The van der Waals surface area contributed by atoms with Crippen LogP contribution < -0.4 is 5.32 Å². The first-order valence-corrected chi connectivity index (χ1v) is 4.77. The summed E-state index contributed by atoms with van der Waals surface area (Å²) in [6.45, 7) is 1.01. The van der Waals surface area contributed by atoms with E-state index in [2.05, 4.69) is 5.32 Å². The molecule has 0 saturated heterocycles. The molecule has 1 atom stereocenters. The van der Waals surface area contributed by atoms with Crippen LogP contribution in [0.5, 0.6) is 5.75 Å². The Kier molecular flexibility index (Phi) is 2.23. The van der Waals surface area contributed by atoms with E-state index in [1.54, 1.807) is 6.07 Å². The van der Waals surface area contributed by atoms with Gasteiger partial charge in [0, 0.05) is 6.54 Å². The van der Waals surface area contributed by atoms with Gasteiger partial charge in [-0.05, 0) is 49.1 Å². The van der Waals surface area contributed by atoms with Crippen LogP contribution in [0.3, 0.4) is 0 Å². The predicted octanol–water partition coefficient (Wildman–Crippen LogP) is 1.64. The molecule has 0 spiro atoms. The van der Waals surface area contributed by atoms with Crippen molar-refractivity contribution in [2.45, 2.75) is 18.8 Å². The third-order valence-corrected chi connectivity index (χ3v) is 2.78. The van der Waals surface area contributed by atoms with Gasteiger partial charge in [0.15, 0.2) is 0 Å². The van der Waals surface area contributed by atoms with Crippen molar-refractivity contribution in [1.82, 2.24) is 5.32 Å². The summed E-state index contributed by atoms with van der Waals surface area (Å²) in [6, 6.07) is 5.73. The number of benzene rings is 1. The van der Waals surface area contributed by atoms with E-state index in [1.807, 2.05) is 19.2 Å². The fourth-order valence-corrected chi connectivity index (χ4v) is 2.13. The predicted molar refractivity (Wildman–Crippen MR) is 53.1 cm³/mol. The molecular formula is C11H15NO. The van der Waals surface area contributed by atoms with E-state index < -0.39 is 0 Å². The molecule has 0 aromatic heterocycles. The number of likely N-dealkylation sites (N-methyl/N-ethyl adjacent to an activating group) is 1. The van der Waals surface area contributed by atoms with Crippen LogP contribution >= 0.6 is 0 Å². The maximum absolute atomic E-state index is 9.36. The van der Waals surface area contributed by atoms with Crippen LogP contribution in [0.4, 0.5) is 0 Å². The summed E-state index contributed by atoms with van der Waals surface area (Å²) in [4.78, 5) is 0. The molecule has 2 heteroatoms. The Balaban J connectivity index is 2.29. The number of fused-ring (bicyclic) bond motifs is 1. The van der Waals surface area contributed by atoms with Gasteiger partial charge in [-0.3, -0.25) is 0 Å². The molecule has 2 N–H and O–H groups in total. The number of aromatic hydroxyl groups is 1. The molecule has 0 bridgehead atoms. The van der Waals surface area contributed by atoms with Crippen molar-refractivity contribution in [1.29, 1.82) is 0 Å². The highest BCUT2D eigenvalue weighted by Crippen LogP contribution is 2.34. The number of nitrogens with one attached hydrogen (secondary N) is 1. The molecule has 0 radical (unpaired) electrons. The van der Waals surface area contributed by atoms with Crippen LogP contribution in [0, 0.1) is 0 Å². The second-order valence-corrected chi connectivity index (χ2v) is 3.68. The Bertz CT molecular complexity index is 307. The van der Waals surface area contributed by atoms with Gasteiger partial charge in [0.1, 0.15) is 5.75 Å². The van der Waals surface area contributed by atoms with Crippen LogP contribution in [-0.4, -0.2) is 18.7 Å². The Morgan fingerprint density at radius 2 is 2.38 bits per heavy atom. The number of hydrogen-bond donors (Lipinski definition) is 2. The van der Waals surface area contributed by atoms with E-state index in [0.717, 1.165) is 13.0 Å². The lowest BCUT2D eigenvalue weighted by Gasteiger charge is -2.10. The second-order valence-electron chi connectivity index (χ2n) is 3.68. The van der Waals surface area contributed by atoms with E-state index in [0.29, 0.717) is 11.7 Å². The van der Waals surface area contributed by atoms with Crippen molar-refractivity contribution < 1.29 is 5.11 Å². The zero-order chi connectivity index (χ0) is 9.26. The average molecular weight is 177 g/mol. The van der Waals surface area contributed by atoms with E-state index >= 15 is 0 Å². The minimum Gasteiger partial charge on any atom is -0.508 e. The molecule has 0 aliphatic heterocycles. The highest BCUT2D eigenvalue weighted by atomic mass is 16.3. The van der Waals surface area contributed by atoms with Gasteiger partial charge in [0.05, 0.1) is 0 Å². The Morgan fingerprint density at radius 1 is 1.54 bits per heavy atom. The van der Waals surface area contributed by atoms with Crippen LogP contribution in [-0.2, 0) is 6.42 Å². The smallest absolute Gasteiger partial charge is 0.115 e. The Morgan fingerprint density at radius 3 is 3.15 bits per heavy atom. The fraction of sp³-hybridized carbons (Fsp3) is 0.455. The lowest BCUT2D eigenvalue weighted by Crippen LogP contribution is -2.14. The molecule has 1 unspecified atom stereocenters. The van der Waals surface area contributed by atoms with E-state index in [9.17, 15) is 5.11 Å². The van der Waals surface area contributed by atoms with E-state index in [-0.39, 0.29) is 0 Å². The second kappa shape index (κ2) is 3.38. The molecule has 13 heavy (non-hydrogen) atoms. The standard InChI is InChI=1S/C11H15NO/c1-12-7-9-3-2-8-4-5-10(13)6-11(8)9/h4-6,9,12-13H,2-3,7H2,1H3. The maximum atomic E-state index is 9.36. The molecule has 0 fully saturated rings. The van der Waals surface area contributed by atoms with Gasteiger partial charge in [-0.1, -0.05) is 6.07 Å². The first-order valence-electron chi connectivity index (χ1n) is 4.77. The van der Waals surface area contributed by atoms with Crippen molar-refractivity contribution in [2.75, 3.05) is 13.6 Å². The van der Waals surface area contributed by atoms with Crippen molar-refractivity contribution in [3.8, 4) is 5.75 Å². The third-order valence-electron chi connectivity index (χ3n) is 2.78. The van der Waals surface area contributed by atoms with Crippen molar-refractivity contribution >= 4 is 0 Å². The van der Waals surface area contributed by atoms with Crippen LogP contribution in [0.2, 0.25) is 0 Å². The van der Waals surface area contributed by atoms with Crippen molar-refractivity contribution in [3.05, 3.63) is 29.3 Å². The zero-order valence-electron chi connectivity index (χ0n) is 7.88. The number of rotatable bonds is 2. The minimum atomic E-state index is 0.391. The highest BCUT2D eigenvalue weighted by molar-refractivity contribution is 5.40. The molecule has 1 aromatic rings. The summed E-state index contributed by atoms with van der Waals surface area (Å²) < 4.78 is 0. The molecule has 1 aliphatic carbocycles. The zero-order valence-corrected chi connectivity index (χ0v) is 7.88. The quantitative estimate of drug-likeness (QED) is 0.719. The molecular weight excluding hydrogens is 162 g/mol. The topological polar surface area (TPSA) is 32.3 Å². The molecule has 2 rings (SSSR count). The first-order chi connectivity index (χ1) is 6.31. The molecule has 70 valence electrons. The molecule has 0 heterocycles. The molecule has 2 nitrogen and oxygen atoms in total. The molecule has 1 aliphatic rings. The fourth-order valence-electron chi connectivity index (χ4n) is 2.13. The summed E-state index contributed by atoms with van der Waals surface area (Å²) in [7, 11) is 1.97. The largest absolute Gasteiger partial charge is 0.508 e. The lowest BCUT2D eigenvalue weighted by atomic mass is 10.0. The summed E-state index contributed by atoms with van der Waals surface area (Å²) >= 11 is 0. The van der Waals surface area contributed by atoms with Crippen molar-refractivity contribution in [3.63, 3.8) is 0 Å². The van der Waals surface area contributed by atoms with Gasteiger partial charge in [-0.25, -0.2) is 0 Å². The monoisotopic (exact) mass is 177 g/mol. The van der Waals surface area contributed by atoms with E-state index in [4.69, 9.17) is 0 Å². The lowest BCUT2D eigenvalue weighted by molar-refractivity contribution is 0.473. The summed E-state index contributed by atoms with van der Waals surface area (Å²) in [5, 5.41) is 12.6. The summed E-state index contributed by atoms with van der Waals surface area (Å²) in [5.41, 5.74) is 2.73. The number of phenolic OH excluding ortho intramolecular Hbond substituents is 1. The Labute approximate surface area is 78.6 Å². The average Bonchev–Trinajstić information content (AvgIpc) is 2.49. The van der Waals surface area contributed by atoms with Gasteiger partial charge >= 0.3 is 0 Å². The number of phenols is 1. The van der Waals surface area contributed by atoms with Crippen LogP contribution in [0.1, 0.15) is 23.5 Å². The summed E-state index contributed by atoms with van der Waals surface area (Å²) in [5.74, 6) is 0.980. The summed E-state index contributed by atoms with van der Waals surface area (Å²) in [6.07, 6.45) is 2.36. The van der Waals surface area contributed by atoms with Crippen LogP contribution in [0.25, 0.3) is 0 Å². The molecule has 0 saturated carbocycles.